The van der Waals surface area contributed by atoms with Crippen LogP contribution in [-0.2, 0) is 4.79 Å². The summed E-state index contributed by atoms with van der Waals surface area (Å²) in [6.07, 6.45) is 32.3. The molecule has 0 spiro atoms. The Balaban J connectivity index is 1.27. The van der Waals surface area contributed by atoms with Crippen LogP contribution in [0.5, 0.6) is 0 Å². The smallest absolute Gasteiger partial charge is 0.189 e. The minimum Gasteiger partial charge on any atom is -0.287 e. The third-order valence-electron chi connectivity index (χ3n) is 12.2. The number of rotatable bonds is 15. The quantitative estimate of drug-likeness (QED) is 0.151. The molecule has 0 N–H and O–H groups in total. The molecule has 0 saturated heterocycles. The van der Waals surface area contributed by atoms with Gasteiger partial charge in [-0.3, -0.25) is 4.79 Å². The van der Waals surface area contributed by atoms with E-state index in [2.05, 4.69) is 33.8 Å². The SMILES string of the molecule is CCCCCCCCC(=O)S[C@H]1CC[C@@]2(C)C(=CC[C@H]3[C@H]2CC[C@]2(C)[C@@H](CCCCCCCC)CC[C@@H]32)C1. The predicted octanol–water partition coefficient (Wildman–Crippen LogP) is 11.7. The fourth-order valence-electron chi connectivity index (χ4n) is 9.78. The van der Waals surface area contributed by atoms with E-state index >= 15 is 0 Å². The maximum Gasteiger partial charge on any atom is 0.189 e. The maximum absolute atomic E-state index is 12.7. The van der Waals surface area contributed by atoms with Crippen LogP contribution in [0, 0.1) is 34.5 Å². The van der Waals surface area contributed by atoms with Crippen LogP contribution in [0.4, 0.5) is 0 Å². The Labute approximate surface area is 241 Å². The van der Waals surface area contributed by atoms with Crippen molar-refractivity contribution >= 4 is 16.9 Å². The highest BCUT2D eigenvalue weighted by molar-refractivity contribution is 8.14. The fraction of sp³-hybridized carbons (Fsp3) is 0.917. The van der Waals surface area contributed by atoms with Gasteiger partial charge in [-0.15, -0.1) is 0 Å². The molecule has 0 amide bonds. The first kappa shape index (κ1) is 30.7. The zero-order valence-corrected chi connectivity index (χ0v) is 26.7. The minimum atomic E-state index is 0.418. The molecule has 38 heavy (non-hydrogen) atoms. The number of thioether (sulfide) groups is 1. The summed E-state index contributed by atoms with van der Waals surface area (Å²) < 4.78 is 0. The van der Waals surface area contributed by atoms with Gasteiger partial charge in [-0.2, -0.15) is 0 Å². The van der Waals surface area contributed by atoms with Crippen LogP contribution in [0.1, 0.15) is 169 Å². The second-order valence-corrected chi connectivity index (χ2v) is 15.9. The Bertz CT molecular complexity index is 771. The van der Waals surface area contributed by atoms with Gasteiger partial charge < -0.3 is 0 Å². The third kappa shape index (κ3) is 7.15. The summed E-state index contributed by atoms with van der Waals surface area (Å²) in [5.41, 5.74) is 2.78. The number of allylic oxidation sites excluding steroid dienone is 2. The van der Waals surface area contributed by atoms with E-state index in [9.17, 15) is 4.79 Å². The summed E-state index contributed by atoms with van der Waals surface area (Å²) in [7, 11) is 0. The second kappa shape index (κ2) is 14.6. The normalized spacial score (nSPS) is 36.3. The van der Waals surface area contributed by atoms with Crippen molar-refractivity contribution in [2.75, 3.05) is 0 Å². The number of hydrogen-bond acceptors (Lipinski definition) is 2. The molecule has 2 heteroatoms. The summed E-state index contributed by atoms with van der Waals surface area (Å²) in [5.74, 6) is 3.78. The Hall–Kier alpha value is -0.240. The topological polar surface area (TPSA) is 17.1 Å². The average molecular weight is 543 g/mol. The highest BCUT2D eigenvalue weighted by Crippen LogP contribution is 2.67. The van der Waals surface area contributed by atoms with E-state index in [0.29, 0.717) is 21.2 Å². The molecule has 0 aromatic carbocycles. The summed E-state index contributed by atoms with van der Waals surface area (Å²) in [4.78, 5) is 12.7. The van der Waals surface area contributed by atoms with Crippen LogP contribution in [0.2, 0.25) is 0 Å². The van der Waals surface area contributed by atoms with Gasteiger partial charge in [0.25, 0.3) is 0 Å². The second-order valence-electron chi connectivity index (χ2n) is 14.5. The largest absolute Gasteiger partial charge is 0.287 e. The van der Waals surface area contributed by atoms with Gasteiger partial charge in [-0.1, -0.05) is 122 Å². The molecule has 218 valence electrons. The van der Waals surface area contributed by atoms with Crippen LogP contribution in [0.25, 0.3) is 0 Å². The monoisotopic (exact) mass is 542 g/mol. The van der Waals surface area contributed by atoms with E-state index < -0.39 is 0 Å². The van der Waals surface area contributed by atoms with Gasteiger partial charge in [0.2, 0.25) is 0 Å². The Morgan fingerprint density at radius 2 is 1.50 bits per heavy atom. The number of fused-ring (bicyclic) bond motifs is 5. The molecule has 0 unspecified atom stereocenters. The molecule has 4 aliphatic carbocycles. The lowest BCUT2D eigenvalue weighted by molar-refractivity contribution is -0.111. The average Bonchev–Trinajstić information content (AvgIpc) is 3.24. The first-order valence-corrected chi connectivity index (χ1v) is 18.2. The summed E-state index contributed by atoms with van der Waals surface area (Å²) in [5, 5.41) is 1.01. The van der Waals surface area contributed by atoms with E-state index in [4.69, 9.17) is 0 Å². The maximum atomic E-state index is 12.7. The number of hydrogen-bond donors (Lipinski definition) is 0. The van der Waals surface area contributed by atoms with Crippen molar-refractivity contribution in [1.29, 1.82) is 0 Å². The Morgan fingerprint density at radius 1 is 0.816 bits per heavy atom. The van der Waals surface area contributed by atoms with Gasteiger partial charge in [0.05, 0.1) is 0 Å². The molecule has 3 fully saturated rings. The summed E-state index contributed by atoms with van der Waals surface area (Å²) in [6.45, 7) is 9.95. The van der Waals surface area contributed by atoms with E-state index in [0.717, 1.165) is 36.5 Å². The molecule has 3 saturated carbocycles. The standard InChI is InChI=1S/C36H62OS/c1-5-7-9-11-13-15-17-28-20-22-32-31-21-19-29-27-30(38-34(37)18-16-14-12-10-8-6-2)23-25-36(29,4)33(31)24-26-35(28,32)3/h19,28,30-33H,5-18,20-27H2,1-4H3/t28-,30-,31+,32-,33+,35+,36-/m0/s1. The Kier molecular flexibility index (Phi) is 11.8. The van der Waals surface area contributed by atoms with E-state index in [1.807, 2.05) is 0 Å². The van der Waals surface area contributed by atoms with Gasteiger partial charge in [0.15, 0.2) is 5.12 Å². The number of unbranched alkanes of at least 4 members (excludes halogenated alkanes) is 10. The number of carbonyl (C=O) groups is 1. The molecule has 0 radical (unpaired) electrons. The van der Waals surface area contributed by atoms with Crippen molar-refractivity contribution in [3.8, 4) is 0 Å². The molecule has 7 atom stereocenters. The molecule has 4 rings (SSSR count). The van der Waals surface area contributed by atoms with Gasteiger partial charge in [-0.05, 0) is 98.7 Å². The molecule has 1 nitrogen and oxygen atoms in total. The summed E-state index contributed by atoms with van der Waals surface area (Å²) >= 11 is 1.72. The third-order valence-corrected chi connectivity index (χ3v) is 13.4. The molecular weight excluding hydrogens is 480 g/mol. The van der Waals surface area contributed by atoms with Crippen molar-refractivity contribution < 1.29 is 4.79 Å². The zero-order valence-electron chi connectivity index (χ0n) is 25.8. The van der Waals surface area contributed by atoms with Crippen LogP contribution in [0.3, 0.4) is 0 Å². The van der Waals surface area contributed by atoms with Crippen LogP contribution in [0.15, 0.2) is 11.6 Å². The molecule has 4 aliphatic rings. The van der Waals surface area contributed by atoms with Gasteiger partial charge in [0.1, 0.15) is 0 Å². The Morgan fingerprint density at radius 3 is 2.24 bits per heavy atom. The lowest BCUT2D eigenvalue weighted by atomic mass is 9.47. The van der Waals surface area contributed by atoms with E-state index in [1.54, 1.807) is 17.3 Å². The molecular formula is C36H62OS. The zero-order chi connectivity index (χ0) is 27.0. The van der Waals surface area contributed by atoms with Crippen LogP contribution >= 0.6 is 11.8 Å². The summed E-state index contributed by atoms with van der Waals surface area (Å²) in [6, 6.07) is 0. The van der Waals surface area contributed by atoms with Crippen LogP contribution < -0.4 is 0 Å². The van der Waals surface area contributed by atoms with Gasteiger partial charge in [0, 0.05) is 11.7 Å². The van der Waals surface area contributed by atoms with Gasteiger partial charge in [-0.25, -0.2) is 0 Å². The van der Waals surface area contributed by atoms with Crippen molar-refractivity contribution in [2.24, 2.45) is 34.5 Å². The lowest BCUT2D eigenvalue weighted by Gasteiger charge is -2.58. The van der Waals surface area contributed by atoms with Gasteiger partial charge >= 0.3 is 0 Å². The van der Waals surface area contributed by atoms with Crippen molar-refractivity contribution in [3.63, 3.8) is 0 Å². The molecule has 0 aromatic rings. The van der Waals surface area contributed by atoms with Crippen molar-refractivity contribution in [1.82, 2.24) is 0 Å². The first-order chi connectivity index (χ1) is 18.4. The molecule has 0 aliphatic heterocycles. The van der Waals surface area contributed by atoms with E-state index in [-0.39, 0.29) is 0 Å². The molecule has 0 heterocycles. The van der Waals surface area contributed by atoms with Crippen molar-refractivity contribution in [3.05, 3.63) is 11.6 Å². The number of carbonyl (C=O) groups excluding carboxylic acids is 1. The highest BCUT2D eigenvalue weighted by atomic mass is 32.2. The predicted molar refractivity (Wildman–Crippen MR) is 168 cm³/mol. The fourth-order valence-corrected chi connectivity index (χ4v) is 10.9. The molecule has 0 aromatic heterocycles. The first-order valence-electron chi connectivity index (χ1n) is 17.3. The highest BCUT2D eigenvalue weighted by Gasteiger charge is 2.58. The lowest BCUT2D eigenvalue weighted by Crippen LogP contribution is -2.50. The van der Waals surface area contributed by atoms with Crippen molar-refractivity contribution in [2.45, 2.75) is 174 Å². The minimum absolute atomic E-state index is 0.418. The van der Waals surface area contributed by atoms with Crippen LogP contribution in [-0.4, -0.2) is 10.4 Å². The molecule has 0 bridgehead atoms. The van der Waals surface area contributed by atoms with E-state index in [1.165, 1.54) is 128 Å².